The summed E-state index contributed by atoms with van der Waals surface area (Å²) in [6.45, 7) is 1.43. The molecular weight excluding hydrogens is 592 g/mol. The summed E-state index contributed by atoms with van der Waals surface area (Å²) in [4.78, 5) is 21.6. The molecular formula is C27H50N10O8. The molecule has 256 valence electrons. The van der Waals surface area contributed by atoms with Crippen LogP contribution in [0.25, 0.3) is 0 Å². The van der Waals surface area contributed by atoms with Crippen molar-refractivity contribution < 1.29 is 39.4 Å². The fourth-order valence-corrected chi connectivity index (χ4v) is 7.06. The lowest BCUT2D eigenvalue weighted by Gasteiger charge is -2.50. The molecule has 18 N–H and O–H groups in total. The van der Waals surface area contributed by atoms with Crippen LogP contribution in [0.2, 0.25) is 0 Å². The van der Waals surface area contributed by atoms with Gasteiger partial charge in [-0.2, -0.15) is 0 Å². The van der Waals surface area contributed by atoms with E-state index < -0.39 is 77.9 Å². The number of carbonyl (C=O) groups excluding carboxylic acids is 1. The monoisotopic (exact) mass is 642 g/mol. The predicted molar refractivity (Wildman–Crippen MR) is 163 cm³/mol. The van der Waals surface area contributed by atoms with E-state index in [0.717, 1.165) is 0 Å². The number of ether oxygens (including phenoxy) is 3. The van der Waals surface area contributed by atoms with Crippen molar-refractivity contribution in [3.05, 3.63) is 11.8 Å². The maximum absolute atomic E-state index is 13.2. The summed E-state index contributed by atoms with van der Waals surface area (Å²) in [6, 6.07) is -3.35. The van der Waals surface area contributed by atoms with Crippen molar-refractivity contribution in [2.75, 3.05) is 20.2 Å². The molecule has 3 fully saturated rings. The topological polar surface area (TPSA) is 331 Å². The average molecular weight is 643 g/mol. The first kappa shape index (κ1) is 35.1. The van der Waals surface area contributed by atoms with E-state index in [1.807, 2.05) is 0 Å². The van der Waals surface area contributed by atoms with E-state index in [2.05, 4.69) is 20.6 Å². The van der Waals surface area contributed by atoms with Crippen LogP contribution in [0, 0.1) is 5.92 Å². The third kappa shape index (κ3) is 7.95. The quantitative estimate of drug-likeness (QED) is 0.0780. The molecule has 0 radical (unpaired) electrons. The second kappa shape index (κ2) is 13.9. The number of rotatable bonds is 10. The van der Waals surface area contributed by atoms with E-state index >= 15 is 0 Å². The van der Waals surface area contributed by atoms with Crippen LogP contribution in [0.3, 0.4) is 0 Å². The standard InChI is InChI=1S/C27H50N10O8/c1-26(41)10-43-23(19(40)22(26)34-2)45-21-15(36-16(38)8-27(42)6-11(7-27)35-24(30)31)5-13(29)17(18(21)39)20-14(37-25(32)33)4-3-12(9-28)44-20/h3,11,13-15,17-23,34,39-42H,4-10,28-29H2,1-2H3,(H,36,38)(H4,30,31,35)(H4,32,33,37)/t11?,13-,14+,15+,17?,18-,19+,20-,21-,22+,23+,26-,27?/m0/s1. The molecule has 0 spiro atoms. The third-order valence-corrected chi connectivity index (χ3v) is 9.13. The SMILES string of the molecule is CN[C@@H]1[C@@H](O)[C@@H](O[C@H]2[C@H](NC(=O)CC3(O)CC(N=C(N)N)C3)C[C@H](N)C([C@H]3OC(CN)=CC[C@H]3N=C(N)N)[C@@H]2O)OC[C@]1(C)O. The molecule has 18 nitrogen and oxygen atoms in total. The van der Waals surface area contributed by atoms with Crippen molar-refractivity contribution >= 4 is 17.8 Å². The zero-order chi connectivity index (χ0) is 33.3. The van der Waals surface area contributed by atoms with Gasteiger partial charge < -0.3 is 79.7 Å². The van der Waals surface area contributed by atoms with Gasteiger partial charge in [0.15, 0.2) is 18.2 Å². The van der Waals surface area contributed by atoms with Gasteiger partial charge in [0, 0.05) is 12.0 Å². The fourth-order valence-electron chi connectivity index (χ4n) is 7.06. The molecule has 2 aliphatic carbocycles. The Morgan fingerprint density at radius 2 is 1.80 bits per heavy atom. The Balaban J connectivity index is 1.58. The minimum atomic E-state index is -1.42. The minimum Gasteiger partial charge on any atom is -0.491 e. The molecule has 45 heavy (non-hydrogen) atoms. The first-order valence-corrected chi connectivity index (χ1v) is 15.1. The zero-order valence-electron chi connectivity index (χ0n) is 25.7. The molecule has 0 aromatic rings. The van der Waals surface area contributed by atoms with Crippen molar-refractivity contribution in [1.29, 1.82) is 0 Å². The highest BCUT2D eigenvalue weighted by Gasteiger charge is 2.54. The lowest BCUT2D eigenvalue weighted by molar-refractivity contribution is -0.297. The molecule has 0 aromatic carbocycles. The van der Waals surface area contributed by atoms with Crippen molar-refractivity contribution in [3.8, 4) is 0 Å². The third-order valence-electron chi connectivity index (χ3n) is 9.13. The van der Waals surface area contributed by atoms with Crippen LogP contribution in [0.15, 0.2) is 21.8 Å². The van der Waals surface area contributed by atoms with Crippen LogP contribution >= 0.6 is 0 Å². The first-order valence-electron chi connectivity index (χ1n) is 15.1. The molecule has 2 aliphatic heterocycles. The van der Waals surface area contributed by atoms with Gasteiger partial charge in [0.25, 0.3) is 0 Å². The second-order valence-corrected chi connectivity index (χ2v) is 12.9. The van der Waals surface area contributed by atoms with E-state index in [1.165, 1.54) is 6.92 Å². The molecule has 11 atom stereocenters. The molecule has 1 saturated heterocycles. The zero-order valence-corrected chi connectivity index (χ0v) is 25.7. The molecule has 4 aliphatic rings. The Hall–Kier alpha value is -2.81. The highest BCUT2D eigenvalue weighted by Crippen LogP contribution is 2.39. The summed E-state index contributed by atoms with van der Waals surface area (Å²) in [6.07, 6.45) is -3.64. The van der Waals surface area contributed by atoms with Crippen LogP contribution < -0.4 is 45.0 Å². The first-order chi connectivity index (χ1) is 21.1. The Bertz CT molecular complexity index is 1140. The lowest BCUT2D eigenvalue weighted by atomic mass is 9.72. The summed E-state index contributed by atoms with van der Waals surface area (Å²) < 4.78 is 18.1. The minimum absolute atomic E-state index is 0.0986. The lowest BCUT2D eigenvalue weighted by Crippen LogP contribution is -2.69. The van der Waals surface area contributed by atoms with Crippen LogP contribution in [-0.2, 0) is 19.0 Å². The Labute approximate surface area is 261 Å². The van der Waals surface area contributed by atoms with Gasteiger partial charge in [0.1, 0.15) is 29.7 Å². The Morgan fingerprint density at radius 1 is 1.13 bits per heavy atom. The van der Waals surface area contributed by atoms with E-state index in [0.29, 0.717) is 12.2 Å². The average Bonchev–Trinajstić information content (AvgIpc) is 2.91. The molecule has 0 bridgehead atoms. The largest absolute Gasteiger partial charge is 0.491 e. The Morgan fingerprint density at radius 3 is 2.40 bits per heavy atom. The molecule has 2 heterocycles. The normalized spacial score (nSPS) is 43.2. The summed E-state index contributed by atoms with van der Waals surface area (Å²) in [7, 11) is 1.58. The highest BCUT2D eigenvalue weighted by molar-refractivity contribution is 5.78. The van der Waals surface area contributed by atoms with E-state index in [9.17, 15) is 25.2 Å². The summed E-state index contributed by atoms with van der Waals surface area (Å²) in [5, 5.41) is 50.3. The van der Waals surface area contributed by atoms with Crippen LogP contribution in [0.1, 0.15) is 39.0 Å². The molecule has 1 amide bonds. The number of amides is 1. The summed E-state index contributed by atoms with van der Waals surface area (Å²) in [5.41, 5.74) is 32.0. The number of hydrogen-bond donors (Lipinski definition) is 12. The van der Waals surface area contributed by atoms with Crippen LogP contribution in [-0.4, -0.2) is 131 Å². The maximum atomic E-state index is 13.2. The highest BCUT2D eigenvalue weighted by atomic mass is 16.7. The maximum Gasteiger partial charge on any atom is 0.223 e. The second-order valence-electron chi connectivity index (χ2n) is 12.9. The molecule has 2 saturated carbocycles. The fraction of sp³-hybridized carbons (Fsp3) is 0.815. The van der Waals surface area contributed by atoms with Gasteiger partial charge >= 0.3 is 0 Å². The number of aliphatic imine (C=N–C) groups is 2. The summed E-state index contributed by atoms with van der Waals surface area (Å²) >= 11 is 0. The van der Waals surface area contributed by atoms with E-state index in [-0.39, 0.29) is 56.8 Å². The van der Waals surface area contributed by atoms with Crippen LogP contribution in [0.4, 0.5) is 0 Å². The number of nitrogens with one attached hydrogen (secondary N) is 2. The number of aliphatic hydroxyl groups excluding tert-OH is 2. The van der Waals surface area contributed by atoms with Gasteiger partial charge in [-0.3, -0.25) is 9.79 Å². The number of hydrogen-bond acceptors (Lipinski definition) is 13. The van der Waals surface area contributed by atoms with Gasteiger partial charge in [-0.05, 0) is 45.7 Å². The van der Waals surface area contributed by atoms with Gasteiger partial charge in [0.05, 0.1) is 55.4 Å². The smallest absolute Gasteiger partial charge is 0.223 e. The predicted octanol–water partition coefficient (Wildman–Crippen LogP) is -5.55. The van der Waals surface area contributed by atoms with Gasteiger partial charge in [0.2, 0.25) is 5.91 Å². The number of nitrogens with zero attached hydrogens (tertiary/aromatic N) is 2. The number of nitrogens with two attached hydrogens (primary N) is 6. The molecule has 0 aromatic heterocycles. The number of carbonyl (C=O) groups is 1. The Kier molecular flexibility index (Phi) is 10.8. The van der Waals surface area contributed by atoms with Gasteiger partial charge in [-0.25, -0.2) is 4.99 Å². The van der Waals surface area contributed by atoms with Crippen molar-refractivity contribution in [1.82, 2.24) is 10.6 Å². The van der Waals surface area contributed by atoms with Crippen molar-refractivity contribution in [2.45, 2.75) is 111 Å². The van der Waals surface area contributed by atoms with E-state index in [4.69, 9.17) is 48.6 Å². The number of likely N-dealkylation sites (N-methyl/N-ethyl adjacent to an activating group) is 1. The molecule has 18 heteroatoms. The summed E-state index contributed by atoms with van der Waals surface area (Å²) in [5.74, 6) is -1.12. The molecule has 4 rings (SSSR count). The van der Waals surface area contributed by atoms with E-state index in [1.54, 1.807) is 13.1 Å². The van der Waals surface area contributed by atoms with Gasteiger partial charge in [-0.1, -0.05) is 0 Å². The number of guanidine groups is 2. The van der Waals surface area contributed by atoms with Crippen LogP contribution in [0.5, 0.6) is 0 Å². The van der Waals surface area contributed by atoms with Crippen molar-refractivity contribution in [2.24, 2.45) is 50.3 Å². The molecule has 1 unspecified atom stereocenters. The van der Waals surface area contributed by atoms with Crippen molar-refractivity contribution in [3.63, 3.8) is 0 Å². The van der Waals surface area contributed by atoms with Gasteiger partial charge in [-0.15, -0.1) is 0 Å². The number of aliphatic hydroxyl groups is 4.